The molecule has 2 aromatic carbocycles. The average molecular weight is 395 g/mol. The molecule has 0 heterocycles. The maximum absolute atomic E-state index is 5.84. The molecule has 7 heteroatoms. The molecule has 0 aliphatic carbocycles. The first-order chi connectivity index (χ1) is 12.2. The number of benzene rings is 2. The van der Waals surface area contributed by atoms with Crippen molar-refractivity contribution in [1.82, 2.24) is 5.43 Å². The van der Waals surface area contributed by atoms with E-state index in [1.807, 2.05) is 54.6 Å². The van der Waals surface area contributed by atoms with Crippen LogP contribution >= 0.6 is 35.4 Å². The summed E-state index contributed by atoms with van der Waals surface area (Å²) in [6.07, 6.45) is 1.72. The van der Waals surface area contributed by atoms with Crippen LogP contribution in [0.5, 0.6) is 0 Å². The summed E-state index contributed by atoms with van der Waals surface area (Å²) in [6, 6.07) is 17.7. The van der Waals surface area contributed by atoms with Crippen LogP contribution in [0.15, 0.2) is 59.7 Å². The lowest BCUT2D eigenvalue weighted by Gasteiger charge is -2.22. The number of nitrogens with zero attached hydrogens (tertiary/aromatic N) is 2. The van der Waals surface area contributed by atoms with Gasteiger partial charge >= 0.3 is 0 Å². The summed E-state index contributed by atoms with van der Waals surface area (Å²) in [5.41, 5.74) is 5.78. The molecule has 25 heavy (non-hydrogen) atoms. The van der Waals surface area contributed by atoms with Gasteiger partial charge in [-0.15, -0.1) is 23.2 Å². The van der Waals surface area contributed by atoms with Crippen LogP contribution in [0.2, 0.25) is 0 Å². The van der Waals surface area contributed by atoms with Gasteiger partial charge in [0.2, 0.25) is 0 Å². The standard InChI is InChI=1S/C18H20Cl2N4S/c19-10-12-24(13-11-20)17-8-6-15(7-9-17)14-21-23-18(25)22-16-4-2-1-3-5-16/h1-9,14H,10-13H2,(H2,22,23,25). The Kier molecular flexibility index (Phi) is 8.52. The molecule has 0 radical (unpaired) electrons. The number of anilines is 2. The molecule has 0 unspecified atom stereocenters. The predicted molar refractivity (Wildman–Crippen MR) is 113 cm³/mol. The summed E-state index contributed by atoms with van der Waals surface area (Å²) in [7, 11) is 0. The number of rotatable bonds is 8. The SMILES string of the molecule is S=C(NN=Cc1ccc(N(CCCl)CCCl)cc1)Nc1ccccc1. The molecule has 2 N–H and O–H groups in total. The lowest BCUT2D eigenvalue weighted by molar-refractivity contribution is 0.874. The monoisotopic (exact) mass is 394 g/mol. The minimum atomic E-state index is 0.439. The van der Waals surface area contributed by atoms with Gasteiger partial charge in [-0.05, 0) is 42.0 Å². The molecule has 0 bridgehead atoms. The maximum atomic E-state index is 5.84. The second-order valence-electron chi connectivity index (χ2n) is 5.15. The largest absolute Gasteiger partial charge is 0.369 e. The van der Waals surface area contributed by atoms with E-state index in [2.05, 4.69) is 20.7 Å². The van der Waals surface area contributed by atoms with Crippen LogP contribution < -0.4 is 15.6 Å². The third-order valence-corrected chi connectivity index (χ3v) is 3.91. The number of halogens is 2. The Labute approximate surface area is 163 Å². The number of hydrazone groups is 1. The van der Waals surface area contributed by atoms with Crippen LogP contribution in [0, 0.1) is 0 Å². The fraction of sp³-hybridized carbons (Fsp3) is 0.222. The summed E-state index contributed by atoms with van der Waals surface area (Å²) in [5, 5.41) is 7.64. The van der Waals surface area contributed by atoms with Crippen molar-refractivity contribution in [3.8, 4) is 0 Å². The molecular weight excluding hydrogens is 375 g/mol. The lowest BCUT2D eigenvalue weighted by Crippen LogP contribution is -2.27. The van der Waals surface area contributed by atoms with Crippen molar-refractivity contribution in [1.29, 1.82) is 0 Å². The Bertz CT molecular complexity index is 671. The number of hydrogen-bond acceptors (Lipinski definition) is 3. The fourth-order valence-corrected chi connectivity index (χ4v) is 2.77. The summed E-state index contributed by atoms with van der Waals surface area (Å²) in [5.74, 6) is 1.13. The second-order valence-corrected chi connectivity index (χ2v) is 6.31. The van der Waals surface area contributed by atoms with E-state index in [4.69, 9.17) is 35.4 Å². The van der Waals surface area contributed by atoms with Crippen molar-refractivity contribution in [3.63, 3.8) is 0 Å². The molecule has 0 atom stereocenters. The first-order valence-corrected chi connectivity index (χ1v) is 9.32. The number of thiocarbonyl (C=S) groups is 1. The van der Waals surface area contributed by atoms with Crippen LogP contribution in [0.3, 0.4) is 0 Å². The minimum absolute atomic E-state index is 0.439. The molecule has 0 saturated carbocycles. The van der Waals surface area contributed by atoms with Gasteiger partial charge in [0.1, 0.15) is 0 Å². The zero-order chi connectivity index (χ0) is 17.9. The topological polar surface area (TPSA) is 39.7 Å². The van der Waals surface area contributed by atoms with Crippen LogP contribution in [0.4, 0.5) is 11.4 Å². The molecule has 0 aliphatic rings. The Morgan fingerprint density at radius 2 is 1.64 bits per heavy atom. The van der Waals surface area contributed by atoms with E-state index >= 15 is 0 Å². The normalized spacial score (nSPS) is 10.6. The van der Waals surface area contributed by atoms with E-state index in [0.717, 1.165) is 30.0 Å². The van der Waals surface area contributed by atoms with E-state index in [1.54, 1.807) is 6.21 Å². The zero-order valence-electron chi connectivity index (χ0n) is 13.7. The smallest absolute Gasteiger partial charge is 0.191 e. The summed E-state index contributed by atoms with van der Waals surface area (Å²) in [6.45, 7) is 1.53. The van der Waals surface area contributed by atoms with Gasteiger partial charge < -0.3 is 10.2 Å². The van der Waals surface area contributed by atoms with Gasteiger partial charge in [-0.3, -0.25) is 5.43 Å². The van der Waals surface area contributed by atoms with Gasteiger partial charge in [0, 0.05) is 36.2 Å². The van der Waals surface area contributed by atoms with Gasteiger partial charge in [0.25, 0.3) is 0 Å². The fourth-order valence-electron chi connectivity index (χ4n) is 2.19. The Morgan fingerprint density at radius 3 is 2.24 bits per heavy atom. The molecule has 0 aliphatic heterocycles. The van der Waals surface area contributed by atoms with Crippen molar-refractivity contribution in [2.24, 2.45) is 5.10 Å². The third kappa shape index (κ3) is 6.90. The number of para-hydroxylation sites is 1. The summed E-state index contributed by atoms with van der Waals surface area (Å²) in [4.78, 5) is 2.15. The van der Waals surface area contributed by atoms with Crippen LogP contribution in [0.1, 0.15) is 5.56 Å². The predicted octanol–water partition coefficient (Wildman–Crippen LogP) is 4.29. The molecule has 0 aromatic heterocycles. The molecule has 0 spiro atoms. The second kappa shape index (κ2) is 10.9. The van der Waals surface area contributed by atoms with E-state index < -0.39 is 0 Å². The number of alkyl halides is 2. The van der Waals surface area contributed by atoms with Gasteiger partial charge in [-0.25, -0.2) is 0 Å². The molecule has 132 valence electrons. The quantitative estimate of drug-likeness (QED) is 0.303. The van der Waals surface area contributed by atoms with E-state index in [-0.39, 0.29) is 0 Å². The zero-order valence-corrected chi connectivity index (χ0v) is 16.0. The molecule has 2 rings (SSSR count). The average Bonchev–Trinajstić information content (AvgIpc) is 2.63. The molecule has 2 aromatic rings. The van der Waals surface area contributed by atoms with Crippen LogP contribution in [-0.4, -0.2) is 36.2 Å². The number of nitrogens with one attached hydrogen (secondary N) is 2. The summed E-state index contributed by atoms with van der Waals surface area (Å²) < 4.78 is 0. The van der Waals surface area contributed by atoms with Crippen LogP contribution in [0.25, 0.3) is 0 Å². The Morgan fingerprint density at radius 1 is 1.00 bits per heavy atom. The minimum Gasteiger partial charge on any atom is -0.369 e. The molecule has 4 nitrogen and oxygen atoms in total. The first kappa shape index (κ1) is 19.5. The highest BCUT2D eigenvalue weighted by Gasteiger charge is 2.04. The van der Waals surface area contributed by atoms with Crippen molar-refractivity contribution in [2.75, 3.05) is 35.1 Å². The summed E-state index contributed by atoms with van der Waals surface area (Å²) >= 11 is 16.9. The first-order valence-electron chi connectivity index (χ1n) is 7.85. The van der Waals surface area contributed by atoms with E-state index in [0.29, 0.717) is 16.9 Å². The third-order valence-electron chi connectivity index (χ3n) is 3.38. The van der Waals surface area contributed by atoms with Gasteiger partial charge in [0.05, 0.1) is 6.21 Å². The maximum Gasteiger partial charge on any atom is 0.191 e. The molecule has 0 amide bonds. The Hall–Kier alpha value is -1.82. The highest BCUT2D eigenvalue weighted by Crippen LogP contribution is 2.15. The molecular formula is C18H20Cl2N4S. The van der Waals surface area contributed by atoms with Gasteiger partial charge in [-0.1, -0.05) is 30.3 Å². The van der Waals surface area contributed by atoms with Gasteiger partial charge in [0.15, 0.2) is 5.11 Å². The highest BCUT2D eigenvalue weighted by molar-refractivity contribution is 7.80. The van der Waals surface area contributed by atoms with Crippen molar-refractivity contribution < 1.29 is 0 Å². The lowest BCUT2D eigenvalue weighted by atomic mass is 10.2. The van der Waals surface area contributed by atoms with Gasteiger partial charge in [-0.2, -0.15) is 5.10 Å². The van der Waals surface area contributed by atoms with E-state index in [9.17, 15) is 0 Å². The molecule has 0 fully saturated rings. The van der Waals surface area contributed by atoms with E-state index in [1.165, 1.54) is 0 Å². The Balaban J connectivity index is 1.87. The highest BCUT2D eigenvalue weighted by atomic mass is 35.5. The van der Waals surface area contributed by atoms with Crippen LogP contribution in [-0.2, 0) is 0 Å². The van der Waals surface area contributed by atoms with Crippen molar-refractivity contribution in [3.05, 3.63) is 60.2 Å². The van der Waals surface area contributed by atoms with Crippen molar-refractivity contribution in [2.45, 2.75) is 0 Å². The van der Waals surface area contributed by atoms with Crippen molar-refractivity contribution >= 4 is 58.1 Å². The molecule has 0 saturated heterocycles. The number of hydrogen-bond donors (Lipinski definition) is 2.